The third-order valence-electron chi connectivity index (χ3n) is 5.90. The summed E-state index contributed by atoms with van der Waals surface area (Å²) >= 11 is 6.15. The molecule has 0 saturated heterocycles. The van der Waals surface area contributed by atoms with Crippen LogP contribution in [0.25, 0.3) is 33.3 Å². The number of aromatic amines is 1. The van der Waals surface area contributed by atoms with E-state index >= 15 is 4.39 Å². The Morgan fingerprint density at radius 1 is 1.33 bits per heavy atom. The Balaban J connectivity index is 1.78. The first-order valence-corrected chi connectivity index (χ1v) is 11.7. The van der Waals surface area contributed by atoms with Crippen LogP contribution in [0.5, 0.6) is 11.6 Å². The van der Waals surface area contributed by atoms with Gasteiger partial charge in [0, 0.05) is 24.1 Å². The lowest BCUT2D eigenvalue weighted by molar-refractivity contribution is -0.153. The Morgan fingerprint density at radius 3 is 2.72 bits per heavy atom. The van der Waals surface area contributed by atoms with E-state index in [4.69, 9.17) is 21.1 Å². The van der Waals surface area contributed by atoms with Gasteiger partial charge in [0.15, 0.2) is 12.4 Å². The number of aliphatic hydroxyl groups is 1. The van der Waals surface area contributed by atoms with Crippen molar-refractivity contribution in [2.45, 2.75) is 31.7 Å². The van der Waals surface area contributed by atoms with E-state index in [0.717, 1.165) is 12.8 Å². The quantitative estimate of drug-likeness (QED) is 0.321. The molecule has 1 aromatic carbocycles. The number of nitrogens with one attached hydrogen (secondary N) is 1. The Morgan fingerprint density at radius 2 is 2.08 bits per heavy atom. The lowest BCUT2D eigenvalue weighted by atomic mass is 9.98. The van der Waals surface area contributed by atoms with E-state index in [1.165, 1.54) is 30.1 Å². The fourth-order valence-electron chi connectivity index (χ4n) is 4.03. The van der Waals surface area contributed by atoms with Gasteiger partial charge in [-0.1, -0.05) is 11.6 Å². The molecule has 0 bridgehead atoms. The molecule has 3 heterocycles. The molecule has 1 aliphatic carbocycles. The van der Waals surface area contributed by atoms with Gasteiger partial charge >= 0.3 is 6.18 Å². The molecule has 0 atom stereocenters. The molecule has 0 spiro atoms. The van der Waals surface area contributed by atoms with E-state index in [0.29, 0.717) is 0 Å². The van der Waals surface area contributed by atoms with E-state index in [2.05, 4.69) is 20.3 Å². The number of pyridine rings is 1. The van der Waals surface area contributed by atoms with E-state index in [1.54, 1.807) is 0 Å². The van der Waals surface area contributed by atoms with Gasteiger partial charge < -0.3 is 14.6 Å². The third kappa shape index (κ3) is 4.98. The van der Waals surface area contributed by atoms with E-state index in [-0.39, 0.29) is 61.4 Å². The normalized spacial score (nSPS) is 13.5. The largest absolute Gasteiger partial charge is 0.489 e. The smallest absolute Gasteiger partial charge is 0.422 e. The molecule has 202 valence electrons. The highest BCUT2D eigenvalue weighted by atomic mass is 35.5. The number of hydrogen-bond acceptors (Lipinski definition) is 8. The minimum absolute atomic E-state index is 0.00386. The highest BCUT2D eigenvalue weighted by molar-refractivity contribution is 6.31. The molecule has 0 aliphatic heterocycles. The summed E-state index contributed by atoms with van der Waals surface area (Å²) in [5, 5.41) is 28.9. The van der Waals surface area contributed by atoms with Crippen molar-refractivity contribution in [3.8, 4) is 40.2 Å². The first kappa shape index (κ1) is 26.4. The Bertz CT molecular complexity index is 1710. The maximum absolute atomic E-state index is 15.5. The summed E-state index contributed by atoms with van der Waals surface area (Å²) < 4.78 is 66.4. The molecule has 1 saturated carbocycles. The average molecular weight is 565 g/mol. The number of aromatic nitrogens is 5. The summed E-state index contributed by atoms with van der Waals surface area (Å²) in [5.41, 5.74) is -1.45. The minimum atomic E-state index is -4.76. The first-order valence-electron chi connectivity index (χ1n) is 11.4. The number of hydrogen-bond donors (Lipinski definition) is 2. The second-order valence-corrected chi connectivity index (χ2v) is 9.08. The monoisotopic (exact) mass is 564 g/mol. The summed E-state index contributed by atoms with van der Waals surface area (Å²) in [6.07, 6.45) is -2.13. The van der Waals surface area contributed by atoms with Crippen LogP contribution in [0.3, 0.4) is 0 Å². The lowest BCUT2D eigenvalue weighted by Crippen LogP contribution is -2.21. The zero-order valence-electron chi connectivity index (χ0n) is 19.9. The number of H-pyrrole nitrogens is 1. The summed E-state index contributed by atoms with van der Waals surface area (Å²) in [7, 11) is 1.45. The Hall–Kier alpha value is -4.22. The molecule has 1 aliphatic rings. The van der Waals surface area contributed by atoms with Crippen LogP contribution in [0.15, 0.2) is 23.1 Å². The number of fused-ring (bicyclic) bond motifs is 1. The second kappa shape index (κ2) is 9.83. The van der Waals surface area contributed by atoms with E-state index in [9.17, 15) is 28.3 Å². The van der Waals surface area contributed by atoms with E-state index in [1.807, 2.05) is 6.07 Å². The van der Waals surface area contributed by atoms with Gasteiger partial charge in [-0.3, -0.25) is 9.48 Å². The van der Waals surface area contributed by atoms with Crippen LogP contribution in [0.2, 0.25) is 5.02 Å². The van der Waals surface area contributed by atoms with Gasteiger partial charge in [-0.15, -0.1) is 0 Å². The minimum Gasteiger partial charge on any atom is -0.489 e. The van der Waals surface area contributed by atoms with Crippen LogP contribution in [0.4, 0.5) is 17.6 Å². The molecular weight excluding hydrogens is 548 g/mol. The topological polar surface area (TPSA) is 139 Å². The van der Waals surface area contributed by atoms with Crippen molar-refractivity contribution < 1.29 is 32.1 Å². The van der Waals surface area contributed by atoms with Crippen molar-refractivity contribution in [3.05, 3.63) is 50.8 Å². The van der Waals surface area contributed by atoms with Crippen LogP contribution in [-0.2, 0) is 13.7 Å². The number of benzene rings is 1. The van der Waals surface area contributed by atoms with Crippen LogP contribution >= 0.6 is 11.6 Å². The summed E-state index contributed by atoms with van der Waals surface area (Å²) in [6, 6.07) is 4.42. The standard InChI is InChI=1S/C24H17ClF4N6O4/c1-35-21(18-12(6-30)17(39-10-2-3-10)5-14(25)20(18)26)13(7-31-35)15-4-11-16(8-36)33-34-22(37)19(11)23(32-15)38-9-24(27,28)29/h4-5,7,10,36H,2-3,8-9H2,1H3,(H,34,37). The van der Waals surface area contributed by atoms with Gasteiger partial charge in [0.25, 0.3) is 5.56 Å². The third-order valence-corrected chi connectivity index (χ3v) is 6.18. The van der Waals surface area contributed by atoms with Gasteiger partial charge in [-0.2, -0.15) is 28.6 Å². The van der Waals surface area contributed by atoms with Crippen LogP contribution < -0.4 is 15.0 Å². The summed E-state index contributed by atoms with van der Waals surface area (Å²) in [4.78, 5) is 16.6. The van der Waals surface area contributed by atoms with Gasteiger partial charge in [0.05, 0.1) is 46.6 Å². The molecule has 10 nitrogen and oxygen atoms in total. The van der Waals surface area contributed by atoms with E-state index < -0.39 is 36.6 Å². The van der Waals surface area contributed by atoms with Crippen LogP contribution in [0.1, 0.15) is 24.1 Å². The van der Waals surface area contributed by atoms with Crippen molar-refractivity contribution in [1.82, 2.24) is 25.0 Å². The van der Waals surface area contributed by atoms with Gasteiger partial charge in [0.2, 0.25) is 5.88 Å². The molecule has 15 heteroatoms. The van der Waals surface area contributed by atoms with Crippen molar-refractivity contribution in [1.29, 1.82) is 5.26 Å². The molecule has 0 radical (unpaired) electrons. The molecule has 5 rings (SSSR count). The van der Waals surface area contributed by atoms with Gasteiger partial charge in [0.1, 0.15) is 22.8 Å². The number of aliphatic hydroxyl groups excluding tert-OH is 1. The maximum atomic E-state index is 15.5. The molecule has 4 aromatic rings. The zero-order chi connectivity index (χ0) is 28.1. The fraction of sp³-hybridized carbons (Fsp3) is 0.292. The summed E-state index contributed by atoms with van der Waals surface area (Å²) in [6.45, 7) is -2.45. The number of rotatable bonds is 7. The Labute approximate surface area is 221 Å². The van der Waals surface area contributed by atoms with Crippen molar-refractivity contribution in [2.24, 2.45) is 7.05 Å². The number of ether oxygens (including phenoxy) is 2. The van der Waals surface area contributed by atoms with Gasteiger partial charge in [-0.05, 0) is 18.9 Å². The SMILES string of the molecule is Cn1ncc(-c2cc3c(CO)n[nH]c(=O)c3c(OCC(F)(F)F)n2)c1-c1c(F)c(Cl)cc(OC2CC2)c1C#N. The van der Waals surface area contributed by atoms with Crippen molar-refractivity contribution in [3.63, 3.8) is 0 Å². The molecule has 0 unspecified atom stereocenters. The number of halogens is 5. The molecule has 3 aromatic heterocycles. The highest BCUT2D eigenvalue weighted by Gasteiger charge is 2.32. The Kier molecular flexibility index (Phi) is 6.65. The number of nitrogens with zero attached hydrogens (tertiary/aromatic N) is 5. The number of alkyl halides is 3. The lowest BCUT2D eigenvalue weighted by Gasteiger charge is -2.16. The number of aryl methyl sites for hydroxylation is 1. The second-order valence-electron chi connectivity index (χ2n) is 8.68. The van der Waals surface area contributed by atoms with Crippen molar-refractivity contribution in [2.75, 3.05) is 6.61 Å². The highest BCUT2D eigenvalue weighted by Crippen LogP contribution is 2.43. The molecule has 1 fully saturated rings. The first-order chi connectivity index (χ1) is 18.5. The van der Waals surface area contributed by atoms with Crippen molar-refractivity contribution >= 4 is 22.4 Å². The van der Waals surface area contributed by atoms with Gasteiger partial charge in [-0.25, -0.2) is 14.5 Å². The van der Waals surface area contributed by atoms with Crippen LogP contribution in [0, 0.1) is 17.1 Å². The average Bonchev–Trinajstić information content (AvgIpc) is 3.63. The number of nitriles is 1. The zero-order valence-corrected chi connectivity index (χ0v) is 20.7. The summed E-state index contributed by atoms with van der Waals surface area (Å²) in [5.74, 6) is -1.59. The predicted octanol–water partition coefficient (Wildman–Crippen LogP) is 4.02. The maximum Gasteiger partial charge on any atom is 0.422 e. The molecule has 0 amide bonds. The molecule has 2 N–H and O–H groups in total. The molecular formula is C24H17ClF4N6O4. The fourth-order valence-corrected chi connectivity index (χ4v) is 4.23. The molecule has 39 heavy (non-hydrogen) atoms. The van der Waals surface area contributed by atoms with Crippen LogP contribution in [-0.4, -0.2) is 49.0 Å². The predicted molar refractivity (Wildman–Crippen MR) is 129 cm³/mol.